The molecule has 4 rings (SSSR count). The lowest BCUT2D eigenvalue weighted by Gasteiger charge is -2.43. The fraction of sp³-hybridized carbons (Fsp3) is 0.700. The number of aryl methyl sites for hydroxylation is 2. The molecule has 2 unspecified atom stereocenters. The summed E-state index contributed by atoms with van der Waals surface area (Å²) in [7, 11) is 0. The molecule has 2 N–H and O–H groups in total. The average Bonchev–Trinajstić information content (AvgIpc) is 3.07. The highest BCUT2D eigenvalue weighted by Crippen LogP contribution is 2.46. The molecular formula is C20H28N4O3S. The fourth-order valence-corrected chi connectivity index (χ4v) is 6.42. The van der Waals surface area contributed by atoms with Crippen LogP contribution in [0.4, 0.5) is 9.93 Å². The van der Waals surface area contributed by atoms with Gasteiger partial charge in [-0.1, -0.05) is 20.8 Å². The zero-order chi connectivity index (χ0) is 20.1. The topological polar surface area (TPSA) is 91.4 Å². The van der Waals surface area contributed by atoms with Crippen LogP contribution in [0.15, 0.2) is 0 Å². The number of amides is 4. The van der Waals surface area contributed by atoms with Gasteiger partial charge >= 0.3 is 6.03 Å². The lowest BCUT2D eigenvalue weighted by atomic mass is 9.64. The molecule has 4 amide bonds. The Morgan fingerprint density at radius 2 is 2.04 bits per heavy atom. The molecular weight excluding hydrogens is 376 g/mol. The van der Waals surface area contributed by atoms with E-state index in [9.17, 15) is 14.4 Å². The van der Waals surface area contributed by atoms with Crippen molar-refractivity contribution >= 4 is 34.3 Å². The Labute approximate surface area is 169 Å². The van der Waals surface area contributed by atoms with E-state index in [4.69, 9.17) is 0 Å². The summed E-state index contributed by atoms with van der Waals surface area (Å²) in [6.45, 7) is 6.10. The van der Waals surface area contributed by atoms with Crippen molar-refractivity contribution in [2.24, 2.45) is 11.3 Å². The number of hydrogen-bond acceptors (Lipinski definition) is 5. The lowest BCUT2D eigenvalue weighted by Crippen LogP contribution is -2.54. The number of imide groups is 1. The highest BCUT2D eigenvalue weighted by atomic mass is 32.1. The van der Waals surface area contributed by atoms with Crippen LogP contribution in [-0.4, -0.2) is 39.8 Å². The molecule has 2 fully saturated rings. The second-order valence-electron chi connectivity index (χ2n) is 9.40. The number of fused-ring (bicyclic) bond motifs is 1. The first kappa shape index (κ1) is 19.4. The van der Waals surface area contributed by atoms with E-state index in [1.165, 1.54) is 16.2 Å². The summed E-state index contributed by atoms with van der Waals surface area (Å²) in [6, 6.07) is -0.469. The third kappa shape index (κ3) is 3.54. The summed E-state index contributed by atoms with van der Waals surface area (Å²) in [5.74, 6) is -0.316. The molecule has 1 saturated heterocycles. The van der Waals surface area contributed by atoms with Crippen molar-refractivity contribution in [3.05, 3.63) is 10.6 Å². The second-order valence-corrected chi connectivity index (χ2v) is 10.5. The van der Waals surface area contributed by atoms with E-state index in [2.05, 4.69) is 36.4 Å². The number of hydrogen-bond donors (Lipinski definition) is 2. The average molecular weight is 405 g/mol. The van der Waals surface area contributed by atoms with Gasteiger partial charge in [0, 0.05) is 4.88 Å². The maximum atomic E-state index is 13.1. The van der Waals surface area contributed by atoms with Crippen molar-refractivity contribution in [2.45, 2.75) is 71.3 Å². The molecule has 152 valence electrons. The van der Waals surface area contributed by atoms with Gasteiger partial charge in [-0.2, -0.15) is 0 Å². The smallest absolute Gasteiger partial charge is 0.323 e. The van der Waals surface area contributed by atoms with Crippen molar-refractivity contribution in [1.29, 1.82) is 0 Å². The number of carbonyl (C=O) groups is 3. The van der Waals surface area contributed by atoms with Crippen molar-refractivity contribution in [3.63, 3.8) is 0 Å². The minimum atomic E-state index is -0.876. The van der Waals surface area contributed by atoms with Gasteiger partial charge in [-0.15, -0.1) is 11.3 Å². The summed E-state index contributed by atoms with van der Waals surface area (Å²) in [5, 5.41) is 6.25. The number of anilines is 1. The van der Waals surface area contributed by atoms with Crippen LogP contribution in [0.3, 0.4) is 0 Å². The van der Waals surface area contributed by atoms with Crippen LogP contribution in [0.5, 0.6) is 0 Å². The first-order chi connectivity index (χ1) is 13.2. The van der Waals surface area contributed by atoms with Gasteiger partial charge in [-0.25, -0.2) is 9.78 Å². The highest BCUT2D eigenvalue weighted by molar-refractivity contribution is 7.15. The summed E-state index contributed by atoms with van der Waals surface area (Å²) >= 11 is 1.50. The highest BCUT2D eigenvalue weighted by Gasteiger charge is 2.56. The minimum absolute atomic E-state index is 0.0289. The van der Waals surface area contributed by atoms with Crippen LogP contribution in [0.2, 0.25) is 0 Å². The maximum absolute atomic E-state index is 13.1. The van der Waals surface area contributed by atoms with Crippen molar-refractivity contribution in [3.8, 4) is 0 Å². The third-order valence-corrected chi connectivity index (χ3v) is 7.09. The zero-order valence-electron chi connectivity index (χ0n) is 16.8. The molecule has 2 atom stereocenters. The van der Waals surface area contributed by atoms with Crippen molar-refractivity contribution < 1.29 is 14.4 Å². The largest absolute Gasteiger partial charge is 0.325 e. The van der Waals surface area contributed by atoms with Gasteiger partial charge in [0.05, 0.1) is 5.69 Å². The number of nitrogens with zero attached hydrogens (tertiary/aromatic N) is 2. The van der Waals surface area contributed by atoms with E-state index in [1.54, 1.807) is 0 Å². The van der Waals surface area contributed by atoms with Gasteiger partial charge in [-0.05, 0) is 56.3 Å². The van der Waals surface area contributed by atoms with Gasteiger partial charge < -0.3 is 10.6 Å². The number of nitrogens with one attached hydrogen (secondary N) is 2. The molecule has 2 aliphatic carbocycles. The Morgan fingerprint density at radius 3 is 2.75 bits per heavy atom. The van der Waals surface area contributed by atoms with E-state index in [-0.39, 0.29) is 23.8 Å². The molecule has 1 aromatic heterocycles. The first-order valence-corrected chi connectivity index (χ1v) is 10.9. The Balaban J connectivity index is 1.44. The van der Waals surface area contributed by atoms with Gasteiger partial charge in [0.1, 0.15) is 12.1 Å². The summed E-state index contributed by atoms with van der Waals surface area (Å²) in [4.78, 5) is 45.0. The number of thiazole rings is 1. The maximum Gasteiger partial charge on any atom is 0.325 e. The van der Waals surface area contributed by atoms with E-state index < -0.39 is 11.6 Å². The van der Waals surface area contributed by atoms with Crippen LogP contribution in [0.25, 0.3) is 0 Å². The van der Waals surface area contributed by atoms with Gasteiger partial charge in [0.25, 0.3) is 5.91 Å². The number of aromatic nitrogens is 1. The molecule has 8 heteroatoms. The SMILES string of the molecule is CC1CC(C)(C)CC2(C1)NC(=O)N(CC(=O)Nc1nc3c(s1)CCCC3)C2=O. The molecule has 2 heterocycles. The summed E-state index contributed by atoms with van der Waals surface area (Å²) in [6.07, 6.45) is 6.49. The van der Waals surface area contributed by atoms with E-state index in [0.29, 0.717) is 23.9 Å². The second kappa shape index (κ2) is 6.83. The number of carbonyl (C=O) groups excluding carboxylic acids is 3. The van der Waals surface area contributed by atoms with Gasteiger partial charge in [0.15, 0.2) is 5.13 Å². The Bertz CT molecular complexity index is 810. The minimum Gasteiger partial charge on any atom is -0.323 e. The summed E-state index contributed by atoms with van der Waals surface area (Å²) in [5.41, 5.74) is 0.163. The van der Waals surface area contributed by atoms with E-state index >= 15 is 0 Å². The monoisotopic (exact) mass is 404 g/mol. The van der Waals surface area contributed by atoms with E-state index in [0.717, 1.165) is 42.7 Å². The predicted octanol–water partition coefficient (Wildman–Crippen LogP) is 3.10. The standard InChI is InChI=1S/C20H28N4O3S/c1-12-8-19(2,3)11-20(9-12)16(26)24(18(27)23-20)10-15(25)22-17-21-13-6-4-5-7-14(13)28-17/h12H,4-11H2,1-3H3,(H,23,27)(H,21,22,25). The third-order valence-electron chi connectivity index (χ3n) is 6.02. The Hall–Kier alpha value is -1.96. The number of rotatable bonds is 3. The van der Waals surface area contributed by atoms with Crippen LogP contribution in [-0.2, 0) is 22.4 Å². The lowest BCUT2D eigenvalue weighted by molar-refractivity contribution is -0.136. The predicted molar refractivity (Wildman–Crippen MR) is 107 cm³/mol. The van der Waals surface area contributed by atoms with Crippen LogP contribution in [0, 0.1) is 11.3 Å². The van der Waals surface area contributed by atoms with Crippen molar-refractivity contribution in [1.82, 2.24) is 15.2 Å². The van der Waals surface area contributed by atoms with E-state index in [1.807, 2.05) is 0 Å². The Morgan fingerprint density at radius 1 is 1.29 bits per heavy atom. The Kier molecular flexibility index (Phi) is 4.72. The normalized spacial score (nSPS) is 29.0. The molecule has 1 aromatic rings. The number of urea groups is 1. The molecule has 1 spiro atoms. The first-order valence-electron chi connectivity index (χ1n) is 10.1. The molecule has 7 nitrogen and oxygen atoms in total. The molecule has 0 aromatic carbocycles. The molecule has 28 heavy (non-hydrogen) atoms. The van der Waals surface area contributed by atoms with Crippen LogP contribution in [0.1, 0.15) is 63.4 Å². The van der Waals surface area contributed by atoms with Gasteiger partial charge in [-0.3, -0.25) is 14.5 Å². The van der Waals surface area contributed by atoms with Crippen LogP contribution >= 0.6 is 11.3 Å². The van der Waals surface area contributed by atoms with Crippen LogP contribution < -0.4 is 10.6 Å². The zero-order valence-corrected chi connectivity index (χ0v) is 17.6. The summed E-state index contributed by atoms with van der Waals surface area (Å²) < 4.78 is 0. The van der Waals surface area contributed by atoms with Crippen molar-refractivity contribution in [2.75, 3.05) is 11.9 Å². The molecule has 1 aliphatic heterocycles. The fourth-order valence-electron chi connectivity index (χ4n) is 5.36. The quantitative estimate of drug-likeness (QED) is 0.758. The molecule has 1 saturated carbocycles. The molecule has 3 aliphatic rings. The van der Waals surface area contributed by atoms with Gasteiger partial charge in [0.2, 0.25) is 5.91 Å². The molecule has 0 radical (unpaired) electrons. The molecule has 0 bridgehead atoms.